The molecule has 1 fully saturated rings. The van der Waals surface area contributed by atoms with E-state index < -0.39 is 0 Å². The zero-order chi connectivity index (χ0) is 13.7. The second-order valence-corrected chi connectivity index (χ2v) is 5.48. The fraction of sp³-hybridized carbons (Fsp3) is 0.625. The molecule has 1 aromatic rings. The molecule has 19 heavy (non-hydrogen) atoms. The standard InChI is InChI=1S/C16H25NO2/c1-12-7-9-14(10-8-12)19-16-13(11-17-2)5-4-6-15(16)18-3/h4-6,12,14,17H,7-11H2,1-3H3. The summed E-state index contributed by atoms with van der Waals surface area (Å²) in [7, 11) is 3.65. The monoisotopic (exact) mass is 263 g/mol. The second kappa shape index (κ2) is 6.80. The number of para-hydroxylation sites is 1. The topological polar surface area (TPSA) is 30.5 Å². The number of nitrogens with one attached hydrogen (secondary N) is 1. The molecule has 3 nitrogen and oxygen atoms in total. The Hall–Kier alpha value is -1.22. The first kappa shape index (κ1) is 14.2. The van der Waals surface area contributed by atoms with Gasteiger partial charge in [0.2, 0.25) is 0 Å². The molecule has 0 aromatic heterocycles. The van der Waals surface area contributed by atoms with E-state index in [2.05, 4.69) is 18.3 Å². The largest absolute Gasteiger partial charge is 0.493 e. The molecule has 0 aliphatic heterocycles. The van der Waals surface area contributed by atoms with Gasteiger partial charge in [-0.05, 0) is 44.7 Å². The summed E-state index contributed by atoms with van der Waals surface area (Å²) in [4.78, 5) is 0. The van der Waals surface area contributed by atoms with Gasteiger partial charge >= 0.3 is 0 Å². The molecule has 0 saturated heterocycles. The summed E-state index contributed by atoms with van der Waals surface area (Å²) in [6.45, 7) is 3.13. The van der Waals surface area contributed by atoms with Crippen LogP contribution < -0.4 is 14.8 Å². The molecule has 2 rings (SSSR count). The third kappa shape index (κ3) is 3.63. The Bertz CT molecular complexity index is 398. The van der Waals surface area contributed by atoms with Crippen LogP contribution >= 0.6 is 0 Å². The van der Waals surface area contributed by atoms with Crippen molar-refractivity contribution in [3.8, 4) is 11.5 Å². The Morgan fingerprint density at radius 1 is 1.21 bits per heavy atom. The minimum absolute atomic E-state index is 0.336. The summed E-state index contributed by atoms with van der Waals surface area (Å²) in [6.07, 6.45) is 5.17. The maximum absolute atomic E-state index is 6.24. The minimum atomic E-state index is 0.336. The Labute approximate surface area is 116 Å². The van der Waals surface area contributed by atoms with E-state index in [0.29, 0.717) is 6.10 Å². The van der Waals surface area contributed by atoms with Gasteiger partial charge in [-0.3, -0.25) is 0 Å². The summed E-state index contributed by atoms with van der Waals surface area (Å²) in [5.41, 5.74) is 1.17. The van der Waals surface area contributed by atoms with Crippen molar-refractivity contribution in [2.75, 3.05) is 14.2 Å². The van der Waals surface area contributed by atoms with Gasteiger partial charge in [0.05, 0.1) is 13.2 Å². The molecule has 0 atom stereocenters. The molecule has 3 heteroatoms. The second-order valence-electron chi connectivity index (χ2n) is 5.48. The van der Waals surface area contributed by atoms with Crippen LogP contribution in [-0.2, 0) is 6.54 Å². The van der Waals surface area contributed by atoms with Gasteiger partial charge in [-0.15, -0.1) is 0 Å². The van der Waals surface area contributed by atoms with Gasteiger partial charge < -0.3 is 14.8 Å². The Balaban J connectivity index is 2.12. The Kier molecular flexibility index (Phi) is 5.08. The van der Waals surface area contributed by atoms with Crippen LogP contribution in [0.25, 0.3) is 0 Å². The number of ether oxygens (including phenoxy) is 2. The number of methoxy groups -OCH3 is 1. The lowest BCUT2D eigenvalue weighted by atomic mass is 9.89. The summed E-state index contributed by atoms with van der Waals surface area (Å²) in [5.74, 6) is 2.60. The number of rotatable bonds is 5. The van der Waals surface area contributed by atoms with Crippen molar-refractivity contribution >= 4 is 0 Å². The molecule has 1 N–H and O–H groups in total. The van der Waals surface area contributed by atoms with E-state index in [1.165, 1.54) is 18.4 Å². The van der Waals surface area contributed by atoms with Gasteiger partial charge in [0, 0.05) is 12.1 Å². The molecule has 0 bridgehead atoms. The number of hydrogen-bond acceptors (Lipinski definition) is 3. The van der Waals surface area contributed by atoms with Crippen molar-refractivity contribution in [3.63, 3.8) is 0 Å². The van der Waals surface area contributed by atoms with E-state index in [4.69, 9.17) is 9.47 Å². The summed E-state index contributed by atoms with van der Waals surface area (Å²) in [5, 5.41) is 3.18. The normalized spacial score (nSPS) is 23.1. The summed E-state index contributed by atoms with van der Waals surface area (Å²) >= 11 is 0. The van der Waals surface area contributed by atoms with Crippen molar-refractivity contribution in [3.05, 3.63) is 23.8 Å². The first-order valence-corrected chi connectivity index (χ1v) is 7.21. The van der Waals surface area contributed by atoms with Gasteiger partial charge in [0.15, 0.2) is 11.5 Å². The maximum Gasteiger partial charge on any atom is 0.166 e. The maximum atomic E-state index is 6.24. The predicted molar refractivity (Wildman–Crippen MR) is 77.8 cm³/mol. The van der Waals surface area contributed by atoms with Crippen molar-refractivity contribution in [1.29, 1.82) is 0 Å². The number of benzene rings is 1. The van der Waals surface area contributed by atoms with Crippen molar-refractivity contribution in [2.24, 2.45) is 5.92 Å². The fourth-order valence-electron chi connectivity index (χ4n) is 2.70. The van der Waals surface area contributed by atoms with Crippen LogP contribution in [-0.4, -0.2) is 20.3 Å². The molecule has 0 amide bonds. The summed E-state index contributed by atoms with van der Waals surface area (Å²) in [6, 6.07) is 6.08. The lowest BCUT2D eigenvalue weighted by Gasteiger charge is -2.28. The zero-order valence-electron chi connectivity index (χ0n) is 12.2. The molecular formula is C16H25NO2. The average molecular weight is 263 g/mol. The van der Waals surface area contributed by atoms with E-state index in [0.717, 1.165) is 36.8 Å². The molecular weight excluding hydrogens is 238 g/mol. The third-order valence-corrected chi connectivity index (χ3v) is 3.89. The summed E-state index contributed by atoms with van der Waals surface area (Å²) < 4.78 is 11.7. The highest BCUT2D eigenvalue weighted by molar-refractivity contribution is 5.46. The van der Waals surface area contributed by atoms with Gasteiger partial charge in [0.25, 0.3) is 0 Å². The zero-order valence-corrected chi connectivity index (χ0v) is 12.2. The van der Waals surface area contributed by atoms with Crippen LogP contribution in [0, 0.1) is 5.92 Å². The van der Waals surface area contributed by atoms with Gasteiger partial charge in [0.1, 0.15) is 0 Å². The number of hydrogen-bond donors (Lipinski definition) is 1. The van der Waals surface area contributed by atoms with E-state index in [9.17, 15) is 0 Å². The van der Waals surface area contributed by atoms with Crippen LogP contribution in [0.3, 0.4) is 0 Å². The van der Waals surface area contributed by atoms with Gasteiger partial charge in [-0.1, -0.05) is 19.1 Å². The minimum Gasteiger partial charge on any atom is -0.493 e. The van der Waals surface area contributed by atoms with E-state index >= 15 is 0 Å². The highest BCUT2D eigenvalue weighted by atomic mass is 16.5. The van der Waals surface area contributed by atoms with Crippen LogP contribution in [0.4, 0.5) is 0 Å². The van der Waals surface area contributed by atoms with Crippen LogP contribution in [0.5, 0.6) is 11.5 Å². The van der Waals surface area contributed by atoms with Crippen LogP contribution in [0.2, 0.25) is 0 Å². The highest BCUT2D eigenvalue weighted by Gasteiger charge is 2.22. The van der Waals surface area contributed by atoms with Crippen LogP contribution in [0.15, 0.2) is 18.2 Å². The van der Waals surface area contributed by atoms with Crippen molar-refractivity contribution < 1.29 is 9.47 Å². The van der Waals surface area contributed by atoms with Crippen molar-refractivity contribution in [1.82, 2.24) is 5.32 Å². The van der Waals surface area contributed by atoms with E-state index in [-0.39, 0.29) is 0 Å². The molecule has 0 radical (unpaired) electrons. The Morgan fingerprint density at radius 3 is 2.58 bits per heavy atom. The third-order valence-electron chi connectivity index (χ3n) is 3.89. The lowest BCUT2D eigenvalue weighted by molar-refractivity contribution is 0.130. The quantitative estimate of drug-likeness (QED) is 0.883. The first-order valence-electron chi connectivity index (χ1n) is 7.21. The average Bonchev–Trinajstić information content (AvgIpc) is 2.43. The first-order chi connectivity index (χ1) is 9.24. The fourth-order valence-corrected chi connectivity index (χ4v) is 2.70. The smallest absolute Gasteiger partial charge is 0.166 e. The van der Waals surface area contributed by atoms with Gasteiger partial charge in [-0.25, -0.2) is 0 Å². The highest BCUT2D eigenvalue weighted by Crippen LogP contribution is 2.35. The molecule has 1 aliphatic rings. The SMILES string of the molecule is CNCc1cccc(OC)c1OC1CCC(C)CC1. The lowest BCUT2D eigenvalue weighted by Crippen LogP contribution is -2.24. The predicted octanol–water partition coefficient (Wildman–Crippen LogP) is 3.37. The molecule has 0 spiro atoms. The van der Waals surface area contributed by atoms with Crippen LogP contribution in [0.1, 0.15) is 38.2 Å². The van der Waals surface area contributed by atoms with E-state index in [1.54, 1.807) is 7.11 Å². The van der Waals surface area contributed by atoms with Gasteiger partial charge in [-0.2, -0.15) is 0 Å². The molecule has 1 aliphatic carbocycles. The van der Waals surface area contributed by atoms with E-state index in [1.807, 2.05) is 19.2 Å². The van der Waals surface area contributed by atoms with Crippen molar-refractivity contribution in [2.45, 2.75) is 45.3 Å². The molecule has 1 saturated carbocycles. The Morgan fingerprint density at radius 2 is 1.95 bits per heavy atom. The molecule has 106 valence electrons. The molecule has 1 aromatic carbocycles. The molecule has 0 heterocycles. The molecule has 0 unspecified atom stereocenters.